The monoisotopic (exact) mass is 272 g/mol. The standard InChI is InChI=1S/C15H14ClN3/c1-2-14-18-13-7-4-8-17-15(13)19(14)10-11-5-3-6-12(16)9-11/h3-9H,2,10H2,1H3/p+1. The summed E-state index contributed by atoms with van der Waals surface area (Å²) in [6, 6.07) is 11.9. The first-order valence-electron chi connectivity index (χ1n) is 6.38. The van der Waals surface area contributed by atoms with Crippen LogP contribution in [0.3, 0.4) is 0 Å². The molecule has 3 nitrogen and oxygen atoms in total. The van der Waals surface area contributed by atoms with Crippen LogP contribution in [-0.2, 0) is 13.0 Å². The molecule has 2 heterocycles. The van der Waals surface area contributed by atoms with Crippen molar-refractivity contribution in [2.24, 2.45) is 0 Å². The lowest BCUT2D eigenvalue weighted by atomic mass is 10.2. The molecule has 0 aliphatic heterocycles. The molecule has 2 aromatic heterocycles. The molecule has 3 aromatic rings. The fraction of sp³-hybridized carbons (Fsp3) is 0.200. The summed E-state index contributed by atoms with van der Waals surface area (Å²) in [5.74, 6) is 1.17. The summed E-state index contributed by atoms with van der Waals surface area (Å²) in [5, 5.41) is 0.768. The summed E-state index contributed by atoms with van der Waals surface area (Å²) in [5.41, 5.74) is 3.24. The first kappa shape index (κ1) is 12.2. The predicted octanol–water partition coefficient (Wildman–Crippen LogP) is 3.11. The Bertz CT molecular complexity index is 718. The quantitative estimate of drug-likeness (QED) is 0.730. The second-order valence-electron chi connectivity index (χ2n) is 4.52. The number of rotatable bonds is 3. The molecule has 3 rings (SSSR count). The van der Waals surface area contributed by atoms with Crippen molar-refractivity contribution in [3.05, 3.63) is 59.0 Å². The van der Waals surface area contributed by atoms with E-state index < -0.39 is 0 Å². The van der Waals surface area contributed by atoms with Crippen LogP contribution < -0.4 is 4.57 Å². The largest absolute Gasteiger partial charge is 0.301 e. The molecular formula is C15H15ClN3+. The molecule has 0 radical (unpaired) electrons. The van der Waals surface area contributed by atoms with Crippen molar-refractivity contribution >= 4 is 22.8 Å². The van der Waals surface area contributed by atoms with Crippen LogP contribution in [0.1, 0.15) is 18.3 Å². The van der Waals surface area contributed by atoms with Crippen molar-refractivity contribution in [3.63, 3.8) is 0 Å². The molecule has 1 N–H and O–H groups in total. The molecule has 4 heteroatoms. The average Bonchev–Trinajstić information content (AvgIpc) is 2.77. The summed E-state index contributed by atoms with van der Waals surface area (Å²) >= 11 is 6.04. The highest BCUT2D eigenvalue weighted by Crippen LogP contribution is 2.12. The van der Waals surface area contributed by atoms with E-state index in [0.717, 1.165) is 29.2 Å². The van der Waals surface area contributed by atoms with Crippen molar-refractivity contribution in [2.45, 2.75) is 19.9 Å². The molecule has 1 aromatic carbocycles. The van der Waals surface area contributed by atoms with E-state index in [9.17, 15) is 0 Å². The van der Waals surface area contributed by atoms with Gasteiger partial charge in [-0.1, -0.05) is 30.7 Å². The Morgan fingerprint density at radius 3 is 2.95 bits per heavy atom. The van der Waals surface area contributed by atoms with E-state index in [-0.39, 0.29) is 0 Å². The van der Waals surface area contributed by atoms with Crippen LogP contribution in [-0.4, -0.2) is 9.97 Å². The van der Waals surface area contributed by atoms with Gasteiger partial charge in [0.05, 0.1) is 6.54 Å². The molecule has 0 atom stereocenters. The normalized spacial score (nSPS) is 11.1. The van der Waals surface area contributed by atoms with E-state index in [0.29, 0.717) is 0 Å². The van der Waals surface area contributed by atoms with E-state index in [1.807, 2.05) is 30.5 Å². The highest BCUT2D eigenvalue weighted by atomic mass is 35.5. The van der Waals surface area contributed by atoms with Crippen molar-refractivity contribution < 1.29 is 4.57 Å². The fourth-order valence-electron chi connectivity index (χ4n) is 2.33. The van der Waals surface area contributed by atoms with Gasteiger partial charge in [0, 0.05) is 11.4 Å². The Balaban J connectivity index is 2.08. The van der Waals surface area contributed by atoms with E-state index >= 15 is 0 Å². The third-order valence-electron chi connectivity index (χ3n) is 3.21. The van der Waals surface area contributed by atoms with Crippen molar-refractivity contribution in [1.29, 1.82) is 0 Å². The van der Waals surface area contributed by atoms with Gasteiger partial charge >= 0.3 is 5.65 Å². The van der Waals surface area contributed by atoms with Gasteiger partial charge in [0.25, 0.3) is 0 Å². The maximum atomic E-state index is 6.04. The van der Waals surface area contributed by atoms with Crippen LogP contribution in [0, 0.1) is 0 Å². The van der Waals surface area contributed by atoms with Crippen LogP contribution in [0.25, 0.3) is 11.2 Å². The zero-order valence-corrected chi connectivity index (χ0v) is 11.5. The number of aromatic nitrogens is 3. The second kappa shape index (κ2) is 5.02. The molecule has 0 saturated carbocycles. The number of aryl methyl sites for hydroxylation is 1. The van der Waals surface area contributed by atoms with E-state index in [4.69, 9.17) is 11.6 Å². The zero-order valence-electron chi connectivity index (χ0n) is 10.7. The number of H-pyrrole nitrogens is 1. The summed E-state index contributed by atoms with van der Waals surface area (Å²) in [6.07, 6.45) is 2.76. The zero-order chi connectivity index (χ0) is 13.2. The van der Waals surface area contributed by atoms with Gasteiger partial charge in [-0.15, -0.1) is 4.98 Å². The fourth-order valence-corrected chi connectivity index (χ4v) is 2.54. The summed E-state index contributed by atoms with van der Waals surface area (Å²) in [4.78, 5) is 7.88. The Hall–Kier alpha value is -1.87. The number of imidazole rings is 1. The lowest BCUT2D eigenvalue weighted by Crippen LogP contribution is -2.38. The lowest BCUT2D eigenvalue weighted by molar-refractivity contribution is -0.671. The van der Waals surface area contributed by atoms with E-state index in [1.165, 1.54) is 11.4 Å². The number of fused-ring (bicyclic) bond motifs is 1. The van der Waals surface area contributed by atoms with Crippen molar-refractivity contribution in [1.82, 2.24) is 9.97 Å². The van der Waals surface area contributed by atoms with Gasteiger partial charge in [0.2, 0.25) is 5.82 Å². The highest BCUT2D eigenvalue weighted by molar-refractivity contribution is 6.30. The Kier molecular flexibility index (Phi) is 3.22. The van der Waals surface area contributed by atoms with E-state index in [1.54, 1.807) is 0 Å². The molecule has 0 aliphatic rings. The summed E-state index contributed by atoms with van der Waals surface area (Å²) in [7, 11) is 0. The van der Waals surface area contributed by atoms with Gasteiger partial charge in [0.1, 0.15) is 6.20 Å². The van der Waals surface area contributed by atoms with Crippen LogP contribution in [0.15, 0.2) is 42.6 Å². The predicted molar refractivity (Wildman–Crippen MR) is 76.2 cm³/mol. The first-order valence-corrected chi connectivity index (χ1v) is 6.75. The number of halogens is 1. The molecular weight excluding hydrogens is 258 g/mol. The number of nitrogens with zero attached hydrogens (tertiary/aromatic N) is 2. The number of aromatic amines is 1. The Labute approximate surface area is 116 Å². The van der Waals surface area contributed by atoms with E-state index in [2.05, 4.69) is 33.6 Å². The highest BCUT2D eigenvalue weighted by Gasteiger charge is 2.16. The minimum absolute atomic E-state index is 0.768. The third kappa shape index (κ3) is 2.34. The summed E-state index contributed by atoms with van der Waals surface area (Å²) < 4.78 is 2.21. The SMILES string of the molecule is CCc1[nH]c2cccnc2[n+]1Cc1cccc(Cl)c1. The van der Waals surface area contributed by atoms with Crippen LogP contribution in [0.2, 0.25) is 5.02 Å². The minimum atomic E-state index is 0.768. The van der Waals surface area contributed by atoms with Gasteiger partial charge in [-0.25, -0.2) is 4.57 Å². The molecule has 96 valence electrons. The maximum absolute atomic E-state index is 6.04. The number of hydrogen-bond donors (Lipinski definition) is 1. The van der Waals surface area contributed by atoms with Crippen LogP contribution in [0.5, 0.6) is 0 Å². The van der Waals surface area contributed by atoms with Crippen LogP contribution in [0.4, 0.5) is 0 Å². The van der Waals surface area contributed by atoms with Crippen LogP contribution >= 0.6 is 11.6 Å². The van der Waals surface area contributed by atoms with Gasteiger partial charge in [-0.05, 0) is 29.8 Å². The molecule has 0 saturated heterocycles. The van der Waals surface area contributed by atoms with Crippen molar-refractivity contribution in [2.75, 3.05) is 0 Å². The Morgan fingerprint density at radius 2 is 2.16 bits per heavy atom. The topological polar surface area (TPSA) is 32.6 Å². The smallest absolute Gasteiger partial charge is 0.271 e. The van der Waals surface area contributed by atoms with Gasteiger partial charge in [0.15, 0.2) is 5.52 Å². The lowest BCUT2D eigenvalue weighted by Gasteiger charge is -2.02. The molecule has 0 spiro atoms. The van der Waals surface area contributed by atoms with Gasteiger partial charge < -0.3 is 0 Å². The number of pyridine rings is 1. The van der Waals surface area contributed by atoms with Crippen molar-refractivity contribution in [3.8, 4) is 0 Å². The second-order valence-corrected chi connectivity index (χ2v) is 4.95. The molecule has 0 fully saturated rings. The Morgan fingerprint density at radius 1 is 1.26 bits per heavy atom. The van der Waals surface area contributed by atoms with Gasteiger partial charge in [-0.2, -0.15) is 0 Å². The number of hydrogen-bond acceptors (Lipinski definition) is 1. The van der Waals surface area contributed by atoms with Gasteiger partial charge in [-0.3, -0.25) is 4.98 Å². The first-order chi connectivity index (χ1) is 9.28. The molecule has 0 aliphatic carbocycles. The molecule has 0 unspecified atom stereocenters. The average molecular weight is 273 g/mol. The molecule has 0 amide bonds. The number of benzene rings is 1. The number of nitrogens with one attached hydrogen (secondary N) is 1. The minimum Gasteiger partial charge on any atom is -0.271 e. The third-order valence-corrected chi connectivity index (χ3v) is 3.45. The molecule has 0 bridgehead atoms. The summed E-state index contributed by atoms with van der Waals surface area (Å²) in [6.45, 7) is 2.92. The molecule has 19 heavy (non-hydrogen) atoms. The maximum Gasteiger partial charge on any atom is 0.301 e.